The van der Waals surface area contributed by atoms with Crippen molar-refractivity contribution < 1.29 is 9.90 Å². The summed E-state index contributed by atoms with van der Waals surface area (Å²) in [6, 6.07) is 0. The first-order chi connectivity index (χ1) is 9.77. The zero-order chi connectivity index (χ0) is 14.9. The van der Waals surface area contributed by atoms with E-state index in [-0.39, 0.29) is 0 Å². The second kappa shape index (κ2) is 15.7. The van der Waals surface area contributed by atoms with Crippen LogP contribution in [-0.2, 0) is 4.79 Å². The van der Waals surface area contributed by atoms with E-state index in [1.165, 1.54) is 32.1 Å². The van der Waals surface area contributed by atoms with Crippen LogP contribution in [-0.4, -0.2) is 11.1 Å². The predicted molar refractivity (Wildman–Crippen MR) is 86.9 cm³/mol. The lowest BCUT2D eigenvalue weighted by molar-refractivity contribution is -0.137. The van der Waals surface area contributed by atoms with E-state index in [1.54, 1.807) is 0 Å². The van der Waals surface area contributed by atoms with E-state index in [2.05, 4.69) is 43.4 Å². The topological polar surface area (TPSA) is 37.3 Å². The van der Waals surface area contributed by atoms with E-state index < -0.39 is 5.97 Å². The van der Waals surface area contributed by atoms with Crippen molar-refractivity contribution in [3.8, 4) is 0 Å². The molecule has 0 amide bonds. The molecule has 0 fully saturated rings. The summed E-state index contributed by atoms with van der Waals surface area (Å²) in [6.07, 6.45) is 23.3. The summed E-state index contributed by atoms with van der Waals surface area (Å²) in [5, 5.41) is 8.50. The molecule has 0 bridgehead atoms. The first kappa shape index (κ1) is 18.7. The van der Waals surface area contributed by atoms with Crippen molar-refractivity contribution in [3.05, 3.63) is 36.5 Å². The van der Waals surface area contributed by atoms with Gasteiger partial charge in [0, 0.05) is 6.42 Å². The summed E-state index contributed by atoms with van der Waals surface area (Å²) in [5.74, 6) is -0.677. The zero-order valence-electron chi connectivity index (χ0n) is 12.9. The molecule has 0 saturated heterocycles. The highest BCUT2D eigenvalue weighted by molar-refractivity contribution is 5.66. The average molecular weight is 278 g/mol. The van der Waals surface area contributed by atoms with Crippen LogP contribution in [0.4, 0.5) is 0 Å². The predicted octanol–water partition coefficient (Wildman–Crippen LogP) is 5.66. The minimum absolute atomic E-state index is 0.316. The number of carboxylic acid groups (broad SMARTS) is 1. The van der Waals surface area contributed by atoms with Gasteiger partial charge in [-0.3, -0.25) is 4.79 Å². The third kappa shape index (κ3) is 16.7. The van der Waals surface area contributed by atoms with E-state index in [1.807, 2.05) is 0 Å². The standard InChI is InChI=1S/C18H30O2/c1-2-3-4-5-6-7-8-9-10-11-12-13-14-15-16-17-18(19)20/h5-10H,2-4,11-17H2,1H3,(H,19,20)/b6-5-,8-7-,10-9+. The second-order valence-electron chi connectivity index (χ2n) is 5.08. The van der Waals surface area contributed by atoms with Gasteiger partial charge < -0.3 is 5.11 Å². The second-order valence-corrected chi connectivity index (χ2v) is 5.08. The van der Waals surface area contributed by atoms with Crippen LogP contribution >= 0.6 is 0 Å². The lowest BCUT2D eigenvalue weighted by atomic mass is 10.1. The van der Waals surface area contributed by atoms with Crippen LogP contribution in [0.5, 0.6) is 0 Å². The van der Waals surface area contributed by atoms with E-state index >= 15 is 0 Å². The van der Waals surface area contributed by atoms with Crippen molar-refractivity contribution >= 4 is 5.97 Å². The molecule has 0 saturated carbocycles. The molecule has 2 heteroatoms. The van der Waals surface area contributed by atoms with Gasteiger partial charge in [0.2, 0.25) is 0 Å². The van der Waals surface area contributed by atoms with Gasteiger partial charge in [-0.25, -0.2) is 0 Å². The van der Waals surface area contributed by atoms with Crippen molar-refractivity contribution in [2.45, 2.75) is 71.1 Å². The highest BCUT2D eigenvalue weighted by Gasteiger charge is 1.95. The highest BCUT2D eigenvalue weighted by Crippen LogP contribution is 2.07. The summed E-state index contributed by atoms with van der Waals surface area (Å²) < 4.78 is 0. The molecule has 0 unspecified atom stereocenters. The molecule has 114 valence electrons. The van der Waals surface area contributed by atoms with Crippen molar-refractivity contribution in [2.24, 2.45) is 0 Å². The van der Waals surface area contributed by atoms with Crippen LogP contribution in [0.2, 0.25) is 0 Å². The summed E-state index contributed by atoms with van der Waals surface area (Å²) >= 11 is 0. The molecule has 20 heavy (non-hydrogen) atoms. The van der Waals surface area contributed by atoms with Crippen LogP contribution in [0.25, 0.3) is 0 Å². The Morgan fingerprint density at radius 2 is 1.35 bits per heavy atom. The van der Waals surface area contributed by atoms with E-state index in [0.717, 1.165) is 25.7 Å². The third-order valence-electron chi connectivity index (χ3n) is 3.09. The molecule has 1 N–H and O–H groups in total. The van der Waals surface area contributed by atoms with E-state index in [0.29, 0.717) is 6.42 Å². The minimum atomic E-state index is -0.677. The first-order valence-corrected chi connectivity index (χ1v) is 7.97. The van der Waals surface area contributed by atoms with E-state index in [4.69, 9.17) is 5.11 Å². The Labute approximate surface area is 124 Å². The fraction of sp³-hybridized carbons (Fsp3) is 0.611. The maximum absolute atomic E-state index is 10.3. The summed E-state index contributed by atoms with van der Waals surface area (Å²) in [4.78, 5) is 10.3. The number of carboxylic acids is 1. The van der Waals surface area contributed by atoms with Crippen LogP contribution in [0.3, 0.4) is 0 Å². The molecule has 0 aromatic carbocycles. The maximum atomic E-state index is 10.3. The Morgan fingerprint density at radius 3 is 1.95 bits per heavy atom. The molecule has 0 rings (SSSR count). The number of carbonyl (C=O) groups is 1. The Hall–Kier alpha value is -1.31. The Balaban J connectivity index is 3.29. The zero-order valence-corrected chi connectivity index (χ0v) is 12.9. The third-order valence-corrected chi connectivity index (χ3v) is 3.09. The van der Waals surface area contributed by atoms with E-state index in [9.17, 15) is 4.79 Å². The van der Waals surface area contributed by atoms with Crippen molar-refractivity contribution in [1.82, 2.24) is 0 Å². The molecule has 0 aliphatic heterocycles. The van der Waals surface area contributed by atoms with Gasteiger partial charge in [0.25, 0.3) is 0 Å². The van der Waals surface area contributed by atoms with Gasteiger partial charge >= 0.3 is 5.97 Å². The smallest absolute Gasteiger partial charge is 0.303 e. The largest absolute Gasteiger partial charge is 0.481 e. The normalized spacial score (nSPS) is 12.1. The van der Waals surface area contributed by atoms with Gasteiger partial charge in [-0.2, -0.15) is 0 Å². The number of hydrogen-bond donors (Lipinski definition) is 1. The van der Waals surface area contributed by atoms with Crippen molar-refractivity contribution in [1.29, 1.82) is 0 Å². The van der Waals surface area contributed by atoms with Crippen molar-refractivity contribution in [2.75, 3.05) is 0 Å². The van der Waals surface area contributed by atoms with Crippen LogP contribution in [0.15, 0.2) is 36.5 Å². The Bertz CT molecular complexity index is 301. The van der Waals surface area contributed by atoms with Gasteiger partial charge in [0.05, 0.1) is 0 Å². The molecule has 0 aliphatic carbocycles. The van der Waals surface area contributed by atoms with Gasteiger partial charge in [-0.15, -0.1) is 0 Å². The molecule has 0 heterocycles. The van der Waals surface area contributed by atoms with Gasteiger partial charge in [0.1, 0.15) is 0 Å². The fourth-order valence-electron chi connectivity index (χ4n) is 1.87. The SMILES string of the molecule is CCCC\C=C/C=C\C=C\CCCCCCCC(=O)O. The molecular formula is C18H30O2. The quantitative estimate of drug-likeness (QED) is 0.348. The average Bonchev–Trinajstić information content (AvgIpc) is 2.43. The van der Waals surface area contributed by atoms with Crippen LogP contribution < -0.4 is 0 Å². The molecule has 0 spiro atoms. The monoisotopic (exact) mass is 278 g/mol. The number of aliphatic carboxylic acids is 1. The number of allylic oxidation sites excluding steroid dienone is 6. The summed E-state index contributed by atoms with van der Waals surface area (Å²) in [6.45, 7) is 2.21. The van der Waals surface area contributed by atoms with Gasteiger partial charge in [0.15, 0.2) is 0 Å². The molecule has 0 aromatic rings. The Morgan fingerprint density at radius 1 is 0.800 bits per heavy atom. The molecule has 0 radical (unpaired) electrons. The summed E-state index contributed by atoms with van der Waals surface area (Å²) in [5.41, 5.74) is 0. The fourth-order valence-corrected chi connectivity index (χ4v) is 1.87. The lowest BCUT2D eigenvalue weighted by Gasteiger charge is -1.97. The van der Waals surface area contributed by atoms with Crippen LogP contribution in [0, 0.1) is 0 Å². The highest BCUT2D eigenvalue weighted by atomic mass is 16.4. The number of rotatable bonds is 13. The van der Waals surface area contributed by atoms with Gasteiger partial charge in [-0.05, 0) is 25.7 Å². The van der Waals surface area contributed by atoms with Crippen LogP contribution in [0.1, 0.15) is 71.1 Å². The summed E-state index contributed by atoms with van der Waals surface area (Å²) in [7, 11) is 0. The molecule has 0 atom stereocenters. The van der Waals surface area contributed by atoms with Crippen molar-refractivity contribution in [3.63, 3.8) is 0 Å². The molecule has 2 nitrogen and oxygen atoms in total. The Kier molecular flexibility index (Phi) is 14.7. The molecule has 0 aromatic heterocycles. The lowest BCUT2D eigenvalue weighted by Crippen LogP contribution is -1.93. The maximum Gasteiger partial charge on any atom is 0.303 e. The molecule has 0 aliphatic rings. The first-order valence-electron chi connectivity index (χ1n) is 7.97. The number of unbranched alkanes of at least 4 members (excludes halogenated alkanes) is 7. The minimum Gasteiger partial charge on any atom is -0.481 e. The van der Waals surface area contributed by atoms with Gasteiger partial charge in [-0.1, -0.05) is 75.5 Å². The number of hydrogen-bond acceptors (Lipinski definition) is 1. The molecular weight excluding hydrogens is 248 g/mol.